The Morgan fingerprint density at radius 3 is 2.21 bits per heavy atom. The van der Waals surface area contributed by atoms with Crippen molar-refractivity contribution in [1.82, 2.24) is 5.32 Å². The van der Waals surface area contributed by atoms with Crippen LogP contribution in [0.1, 0.15) is 40.5 Å². The Kier molecular flexibility index (Phi) is 6.79. The largest absolute Gasteiger partial charge is 0.480 e. The van der Waals surface area contributed by atoms with Crippen LogP contribution < -0.4 is 5.32 Å². The van der Waals surface area contributed by atoms with Crippen molar-refractivity contribution < 1.29 is 27.8 Å². The fourth-order valence-electron chi connectivity index (χ4n) is 1.66. The van der Waals surface area contributed by atoms with Gasteiger partial charge in [-0.15, -0.1) is 0 Å². The molecule has 0 saturated heterocycles. The van der Waals surface area contributed by atoms with Crippen molar-refractivity contribution >= 4 is 5.97 Å². The third-order valence-electron chi connectivity index (χ3n) is 2.73. The molecule has 0 aliphatic carbocycles. The van der Waals surface area contributed by atoms with Crippen LogP contribution in [0.2, 0.25) is 0 Å². The van der Waals surface area contributed by atoms with E-state index in [4.69, 9.17) is 5.11 Å². The summed E-state index contributed by atoms with van der Waals surface area (Å²) in [6.07, 6.45) is -5.78. The minimum atomic E-state index is -4.38. The van der Waals surface area contributed by atoms with Gasteiger partial charge in [-0.3, -0.25) is 10.1 Å². The topological polar surface area (TPSA) is 58.6 Å². The molecule has 4 nitrogen and oxygen atoms in total. The summed E-state index contributed by atoms with van der Waals surface area (Å²) in [4.78, 5) is 11.2. The number of aliphatic carboxylic acids is 1. The number of carboxylic acids is 1. The van der Waals surface area contributed by atoms with E-state index in [1.54, 1.807) is 0 Å². The predicted molar refractivity (Wildman–Crippen MR) is 65.0 cm³/mol. The highest BCUT2D eigenvalue weighted by Gasteiger charge is 2.37. The number of hydrogen-bond acceptors (Lipinski definition) is 3. The molecular formula is C12H22F3NO3. The van der Waals surface area contributed by atoms with Gasteiger partial charge in [0, 0.05) is 12.6 Å². The van der Waals surface area contributed by atoms with Gasteiger partial charge < -0.3 is 9.84 Å². The summed E-state index contributed by atoms with van der Waals surface area (Å²) in [5.41, 5.74) is -1.15. The molecular weight excluding hydrogens is 263 g/mol. The molecule has 114 valence electrons. The number of hydrogen-bond donors (Lipinski definition) is 2. The van der Waals surface area contributed by atoms with Gasteiger partial charge in [-0.2, -0.15) is 13.2 Å². The number of carboxylic acid groups (broad SMARTS) is 1. The number of alkyl halides is 3. The number of nitrogens with one attached hydrogen (secondary N) is 1. The Morgan fingerprint density at radius 1 is 1.32 bits per heavy atom. The maximum Gasteiger partial charge on any atom is 0.414 e. The fraction of sp³-hybridized carbons (Fsp3) is 0.917. The third kappa shape index (κ3) is 6.77. The zero-order chi connectivity index (χ0) is 15.3. The average molecular weight is 285 g/mol. The van der Waals surface area contributed by atoms with Gasteiger partial charge in [0.25, 0.3) is 0 Å². The minimum absolute atomic E-state index is 0.0314. The molecule has 0 spiro atoms. The molecule has 0 aromatic heterocycles. The number of halogens is 3. The smallest absolute Gasteiger partial charge is 0.414 e. The summed E-state index contributed by atoms with van der Waals surface area (Å²) in [5.74, 6) is -1.02. The molecule has 0 amide bonds. The van der Waals surface area contributed by atoms with E-state index in [9.17, 15) is 18.0 Å². The number of carbonyl (C=O) groups is 1. The minimum Gasteiger partial charge on any atom is -0.480 e. The second-order valence-electron chi connectivity index (χ2n) is 5.09. The van der Waals surface area contributed by atoms with E-state index in [1.165, 1.54) is 6.92 Å². The zero-order valence-electron chi connectivity index (χ0n) is 11.7. The van der Waals surface area contributed by atoms with E-state index in [-0.39, 0.29) is 25.5 Å². The van der Waals surface area contributed by atoms with Gasteiger partial charge in [-0.25, -0.2) is 0 Å². The standard InChI is InChI=1S/C12H22F3NO3/c1-8(2)16-11(4,10(17)18)6-5-7-19-9(3)12(13,14)15/h8-9,16H,5-7H2,1-4H3,(H,17,18). The second-order valence-corrected chi connectivity index (χ2v) is 5.09. The summed E-state index contributed by atoms with van der Waals surface area (Å²) in [7, 11) is 0. The first kappa shape index (κ1) is 18.2. The molecule has 0 rings (SSSR count). The molecule has 0 aromatic rings. The van der Waals surface area contributed by atoms with Crippen molar-refractivity contribution in [2.45, 2.75) is 64.4 Å². The Labute approximate surface area is 111 Å². The molecule has 0 fully saturated rings. The normalized spacial score (nSPS) is 17.3. The molecule has 2 atom stereocenters. The summed E-state index contributed by atoms with van der Waals surface area (Å²) in [6, 6.07) is -0.0314. The highest BCUT2D eigenvalue weighted by atomic mass is 19.4. The van der Waals surface area contributed by atoms with Gasteiger partial charge >= 0.3 is 12.1 Å². The molecule has 0 radical (unpaired) electrons. The highest BCUT2D eigenvalue weighted by molar-refractivity contribution is 5.78. The Hall–Kier alpha value is -0.820. The van der Waals surface area contributed by atoms with E-state index in [2.05, 4.69) is 10.1 Å². The van der Waals surface area contributed by atoms with Crippen LogP contribution in [-0.4, -0.2) is 41.5 Å². The highest BCUT2D eigenvalue weighted by Crippen LogP contribution is 2.23. The molecule has 0 aliphatic heterocycles. The maximum atomic E-state index is 12.2. The molecule has 0 saturated carbocycles. The first-order chi connectivity index (χ1) is 8.49. The van der Waals surface area contributed by atoms with E-state index in [0.29, 0.717) is 0 Å². The van der Waals surface area contributed by atoms with Crippen LogP contribution in [0, 0.1) is 0 Å². The van der Waals surface area contributed by atoms with Crippen molar-refractivity contribution in [2.24, 2.45) is 0 Å². The van der Waals surface area contributed by atoms with Crippen molar-refractivity contribution in [2.75, 3.05) is 6.61 Å². The van der Waals surface area contributed by atoms with E-state index in [0.717, 1.165) is 6.92 Å². The van der Waals surface area contributed by atoms with E-state index in [1.807, 2.05) is 13.8 Å². The first-order valence-corrected chi connectivity index (χ1v) is 6.18. The Bertz CT molecular complexity index is 294. The lowest BCUT2D eigenvalue weighted by atomic mass is 9.95. The lowest BCUT2D eigenvalue weighted by Crippen LogP contribution is -2.52. The van der Waals surface area contributed by atoms with Gasteiger partial charge in [0.05, 0.1) is 0 Å². The second kappa shape index (κ2) is 7.09. The molecule has 19 heavy (non-hydrogen) atoms. The van der Waals surface area contributed by atoms with Crippen LogP contribution in [0.15, 0.2) is 0 Å². The van der Waals surface area contributed by atoms with Crippen LogP contribution in [-0.2, 0) is 9.53 Å². The van der Waals surface area contributed by atoms with Gasteiger partial charge in [0.2, 0.25) is 0 Å². The van der Waals surface area contributed by atoms with Gasteiger partial charge in [0.1, 0.15) is 5.54 Å². The molecule has 2 N–H and O–H groups in total. The monoisotopic (exact) mass is 285 g/mol. The average Bonchev–Trinajstić information content (AvgIpc) is 2.21. The van der Waals surface area contributed by atoms with Gasteiger partial charge in [-0.05, 0) is 40.5 Å². The predicted octanol–water partition coefficient (Wildman–Crippen LogP) is 2.58. The lowest BCUT2D eigenvalue weighted by Gasteiger charge is -2.29. The fourth-order valence-corrected chi connectivity index (χ4v) is 1.66. The summed E-state index contributed by atoms with van der Waals surface area (Å²) in [6.45, 7) is 5.95. The quantitative estimate of drug-likeness (QED) is 0.673. The van der Waals surface area contributed by atoms with Crippen LogP contribution in [0.4, 0.5) is 13.2 Å². The van der Waals surface area contributed by atoms with Crippen LogP contribution in [0.25, 0.3) is 0 Å². The molecule has 0 aromatic carbocycles. The Balaban J connectivity index is 4.19. The van der Waals surface area contributed by atoms with E-state index < -0.39 is 23.8 Å². The maximum absolute atomic E-state index is 12.2. The molecule has 0 bridgehead atoms. The van der Waals surface area contributed by atoms with Crippen LogP contribution in [0.3, 0.4) is 0 Å². The summed E-state index contributed by atoms with van der Waals surface area (Å²) < 4.78 is 41.2. The van der Waals surface area contributed by atoms with E-state index >= 15 is 0 Å². The van der Waals surface area contributed by atoms with Gasteiger partial charge in [0.15, 0.2) is 6.10 Å². The van der Waals surface area contributed by atoms with Crippen LogP contribution in [0.5, 0.6) is 0 Å². The third-order valence-corrected chi connectivity index (χ3v) is 2.73. The molecule has 0 aliphatic rings. The SMILES string of the molecule is CC(C)NC(C)(CCCOC(C)C(F)(F)F)C(=O)O. The number of ether oxygens (including phenoxy) is 1. The first-order valence-electron chi connectivity index (χ1n) is 6.18. The zero-order valence-corrected chi connectivity index (χ0v) is 11.7. The molecule has 7 heteroatoms. The van der Waals surface area contributed by atoms with Crippen molar-refractivity contribution in [3.8, 4) is 0 Å². The van der Waals surface area contributed by atoms with Gasteiger partial charge in [-0.1, -0.05) is 0 Å². The molecule has 0 heterocycles. The summed E-state index contributed by atoms with van der Waals surface area (Å²) >= 11 is 0. The molecule has 2 unspecified atom stereocenters. The van der Waals surface area contributed by atoms with Crippen LogP contribution >= 0.6 is 0 Å². The lowest BCUT2D eigenvalue weighted by molar-refractivity contribution is -0.214. The summed E-state index contributed by atoms with van der Waals surface area (Å²) in [5, 5.41) is 12.0. The number of rotatable bonds is 8. The van der Waals surface area contributed by atoms with Crippen molar-refractivity contribution in [1.29, 1.82) is 0 Å². The van der Waals surface area contributed by atoms with Crippen molar-refractivity contribution in [3.05, 3.63) is 0 Å². The van der Waals surface area contributed by atoms with Crippen molar-refractivity contribution in [3.63, 3.8) is 0 Å². The Morgan fingerprint density at radius 2 is 1.84 bits per heavy atom.